The van der Waals surface area contributed by atoms with E-state index in [1.54, 1.807) is 4.90 Å². The van der Waals surface area contributed by atoms with Crippen molar-refractivity contribution in [1.82, 2.24) is 4.90 Å². The van der Waals surface area contributed by atoms with Gasteiger partial charge in [0.25, 0.3) is 5.91 Å². The van der Waals surface area contributed by atoms with Crippen LogP contribution in [0.25, 0.3) is 0 Å². The SMILES string of the molecule is O=C(c1cc(S)ccc1F)N1CCCCCC1CO. The van der Waals surface area contributed by atoms with Crippen LogP contribution >= 0.6 is 12.6 Å². The molecule has 0 radical (unpaired) electrons. The van der Waals surface area contributed by atoms with Crippen molar-refractivity contribution >= 4 is 18.5 Å². The number of carbonyl (C=O) groups is 1. The standard InChI is InChI=1S/C14H18FNO2S/c15-13-6-5-11(19)8-12(13)14(18)16-7-3-1-2-4-10(16)9-17/h5-6,8,10,17,19H,1-4,7,9H2. The fourth-order valence-electron chi connectivity index (χ4n) is 2.47. The van der Waals surface area contributed by atoms with Gasteiger partial charge < -0.3 is 10.0 Å². The molecule has 1 atom stereocenters. The van der Waals surface area contributed by atoms with Gasteiger partial charge in [-0.3, -0.25) is 4.79 Å². The van der Waals surface area contributed by atoms with Gasteiger partial charge in [-0.1, -0.05) is 12.8 Å². The van der Waals surface area contributed by atoms with Gasteiger partial charge in [0.2, 0.25) is 0 Å². The number of nitrogens with zero attached hydrogens (tertiary/aromatic N) is 1. The van der Waals surface area contributed by atoms with Gasteiger partial charge in [-0.05, 0) is 31.0 Å². The van der Waals surface area contributed by atoms with E-state index in [1.165, 1.54) is 18.2 Å². The predicted octanol–water partition coefficient (Wildman–Crippen LogP) is 2.49. The number of aliphatic hydroxyl groups excluding tert-OH is 1. The van der Waals surface area contributed by atoms with Gasteiger partial charge >= 0.3 is 0 Å². The van der Waals surface area contributed by atoms with Crippen LogP contribution in [0.4, 0.5) is 4.39 Å². The molecule has 1 fully saturated rings. The van der Waals surface area contributed by atoms with Crippen LogP contribution in [0.5, 0.6) is 0 Å². The summed E-state index contributed by atoms with van der Waals surface area (Å²) in [5.74, 6) is -0.891. The van der Waals surface area contributed by atoms with Crippen LogP contribution in [-0.4, -0.2) is 35.1 Å². The maximum atomic E-state index is 13.8. The average molecular weight is 283 g/mol. The molecular weight excluding hydrogens is 265 g/mol. The normalized spacial score (nSPS) is 20.2. The molecule has 0 bridgehead atoms. The Morgan fingerprint density at radius 2 is 2.21 bits per heavy atom. The number of hydrogen-bond acceptors (Lipinski definition) is 3. The number of likely N-dealkylation sites (tertiary alicyclic amines) is 1. The lowest BCUT2D eigenvalue weighted by molar-refractivity contribution is 0.0595. The molecule has 1 N–H and O–H groups in total. The summed E-state index contributed by atoms with van der Waals surface area (Å²) < 4.78 is 13.8. The highest BCUT2D eigenvalue weighted by atomic mass is 32.1. The molecule has 1 aromatic carbocycles. The number of thiol groups is 1. The van der Waals surface area contributed by atoms with E-state index in [1.807, 2.05) is 0 Å². The highest BCUT2D eigenvalue weighted by Crippen LogP contribution is 2.21. The quantitative estimate of drug-likeness (QED) is 0.819. The lowest BCUT2D eigenvalue weighted by atomic mass is 10.1. The Hall–Kier alpha value is -1.07. The third-order valence-corrected chi connectivity index (χ3v) is 3.81. The van der Waals surface area contributed by atoms with E-state index >= 15 is 0 Å². The van der Waals surface area contributed by atoms with Gasteiger partial charge in [-0.25, -0.2) is 4.39 Å². The molecule has 0 aromatic heterocycles. The predicted molar refractivity (Wildman–Crippen MR) is 74.0 cm³/mol. The lowest BCUT2D eigenvalue weighted by Gasteiger charge is -2.28. The number of benzene rings is 1. The first kappa shape index (κ1) is 14.3. The molecule has 19 heavy (non-hydrogen) atoms. The summed E-state index contributed by atoms with van der Waals surface area (Å²) in [6.45, 7) is 0.494. The van der Waals surface area contributed by atoms with Crippen LogP contribution < -0.4 is 0 Å². The van der Waals surface area contributed by atoms with Crippen molar-refractivity contribution in [1.29, 1.82) is 0 Å². The minimum absolute atomic E-state index is 0.0350. The van der Waals surface area contributed by atoms with E-state index < -0.39 is 5.82 Å². The fourth-order valence-corrected chi connectivity index (χ4v) is 2.67. The summed E-state index contributed by atoms with van der Waals surface area (Å²) in [7, 11) is 0. The first-order valence-corrected chi connectivity index (χ1v) is 6.98. The molecular formula is C14H18FNO2S. The molecule has 104 valence electrons. The molecule has 1 amide bonds. The van der Waals surface area contributed by atoms with Crippen molar-refractivity contribution in [3.8, 4) is 0 Å². The van der Waals surface area contributed by atoms with Crippen molar-refractivity contribution in [2.24, 2.45) is 0 Å². The lowest BCUT2D eigenvalue weighted by Crippen LogP contribution is -2.42. The third kappa shape index (κ3) is 3.28. The molecule has 1 heterocycles. The maximum Gasteiger partial charge on any atom is 0.257 e. The fraction of sp³-hybridized carbons (Fsp3) is 0.500. The van der Waals surface area contributed by atoms with Crippen LogP contribution in [-0.2, 0) is 0 Å². The van der Waals surface area contributed by atoms with Gasteiger partial charge in [-0.15, -0.1) is 12.6 Å². The smallest absolute Gasteiger partial charge is 0.257 e. The van der Waals surface area contributed by atoms with Gasteiger partial charge in [0.05, 0.1) is 18.2 Å². The molecule has 1 unspecified atom stereocenters. The Labute approximate surface area is 117 Å². The number of hydrogen-bond donors (Lipinski definition) is 2. The monoisotopic (exact) mass is 283 g/mol. The minimum Gasteiger partial charge on any atom is -0.394 e. The highest BCUT2D eigenvalue weighted by Gasteiger charge is 2.27. The highest BCUT2D eigenvalue weighted by molar-refractivity contribution is 7.80. The molecule has 3 nitrogen and oxygen atoms in total. The van der Waals surface area contributed by atoms with Crippen LogP contribution in [0.3, 0.4) is 0 Å². The molecule has 1 aliphatic rings. The second-order valence-corrected chi connectivity index (χ2v) is 5.36. The molecule has 1 saturated heterocycles. The van der Waals surface area contributed by atoms with Gasteiger partial charge in [0, 0.05) is 11.4 Å². The number of halogens is 1. The maximum absolute atomic E-state index is 13.8. The number of carbonyl (C=O) groups excluding carboxylic acids is 1. The Morgan fingerprint density at radius 3 is 2.95 bits per heavy atom. The second-order valence-electron chi connectivity index (χ2n) is 4.85. The van der Waals surface area contributed by atoms with E-state index in [0.717, 1.165) is 25.7 Å². The molecule has 0 aliphatic carbocycles. The summed E-state index contributed by atoms with van der Waals surface area (Å²) in [6.07, 6.45) is 3.69. The molecule has 1 aliphatic heterocycles. The van der Waals surface area contributed by atoms with Crippen molar-refractivity contribution in [2.45, 2.75) is 36.6 Å². The van der Waals surface area contributed by atoms with E-state index in [9.17, 15) is 14.3 Å². The first-order valence-electron chi connectivity index (χ1n) is 6.54. The molecule has 2 rings (SSSR count). The van der Waals surface area contributed by atoms with Gasteiger partial charge in [-0.2, -0.15) is 0 Å². The summed E-state index contributed by atoms with van der Waals surface area (Å²) in [4.78, 5) is 14.6. The average Bonchev–Trinajstić information content (AvgIpc) is 2.65. The van der Waals surface area contributed by atoms with Crippen LogP contribution in [0, 0.1) is 5.82 Å². The van der Waals surface area contributed by atoms with Crippen LogP contribution in [0.2, 0.25) is 0 Å². The molecule has 5 heteroatoms. The van der Waals surface area contributed by atoms with E-state index in [2.05, 4.69) is 12.6 Å². The van der Waals surface area contributed by atoms with E-state index in [0.29, 0.717) is 11.4 Å². The van der Waals surface area contributed by atoms with Crippen molar-refractivity contribution in [3.63, 3.8) is 0 Å². The van der Waals surface area contributed by atoms with E-state index in [-0.39, 0.29) is 24.1 Å². The Kier molecular flexibility index (Phi) is 4.82. The molecule has 1 aromatic rings. The third-order valence-electron chi connectivity index (χ3n) is 3.53. The number of aliphatic hydroxyl groups is 1. The Bertz CT molecular complexity index is 467. The Balaban J connectivity index is 2.27. The topological polar surface area (TPSA) is 40.5 Å². The zero-order valence-corrected chi connectivity index (χ0v) is 11.6. The van der Waals surface area contributed by atoms with Crippen molar-refractivity contribution in [2.75, 3.05) is 13.2 Å². The summed E-state index contributed by atoms with van der Waals surface area (Å²) in [6, 6.07) is 4.00. The molecule has 0 saturated carbocycles. The summed E-state index contributed by atoms with van der Waals surface area (Å²) >= 11 is 4.14. The van der Waals surface area contributed by atoms with Crippen molar-refractivity contribution < 1.29 is 14.3 Å². The first-order chi connectivity index (χ1) is 9.13. The second kappa shape index (κ2) is 6.39. The van der Waals surface area contributed by atoms with Crippen LogP contribution in [0.15, 0.2) is 23.1 Å². The van der Waals surface area contributed by atoms with Crippen molar-refractivity contribution in [3.05, 3.63) is 29.6 Å². The minimum atomic E-state index is -0.538. The summed E-state index contributed by atoms with van der Waals surface area (Å²) in [5, 5.41) is 9.40. The number of rotatable bonds is 2. The zero-order chi connectivity index (χ0) is 13.8. The van der Waals surface area contributed by atoms with Gasteiger partial charge in [0.1, 0.15) is 5.82 Å². The largest absolute Gasteiger partial charge is 0.394 e. The summed E-state index contributed by atoms with van der Waals surface area (Å²) in [5.41, 5.74) is 0.0350. The molecule has 0 spiro atoms. The van der Waals surface area contributed by atoms with Gasteiger partial charge in [0.15, 0.2) is 0 Å². The Morgan fingerprint density at radius 1 is 1.42 bits per heavy atom. The van der Waals surface area contributed by atoms with E-state index in [4.69, 9.17) is 0 Å². The van der Waals surface area contributed by atoms with Crippen LogP contribution in [0.1, 0.15) is 36.0 Å². The zero-order valence-electron chi connectivity index (χ0n) is 10.7. The number of amides is 1.